The zero-order chi connectivity index (χ0) is 26.9. The highest BCUT2D eigenvalue weighted by molar-refractivity contribution is 6.01. The fourth-order valence-electron chi connectivity index (χ4n) is 4.31. The highest BCUT2D eigenvalue weighted by Gasteiger charge is 2.26. The number of hydrogen-bond donors (Lipinski definition) is 4. The van der Waals surface area contributed by atoms with Gasteiger partial charge < -0.3 is 20.9 Å². The van der Waals surface area contributed by atoms with Gasteiger partial charge in [-0.15, -0.1) is 0 Å². The number of ether oxygens (including phenoxy) is 1. The van der Waals surface area contributed by atoms with Crippen LogP contribution in [0.4, 0.5) is 21.9 Å². The number of amides is 2. The number of hydrogen-bond acceptors (Lipinski definition) is 5. The van der Waals surface area contributed by atoms with Crippen LogP contribution in [0.1, 0.15) is 31.4 Å². The predicted octanol–water partition coefficient (Wildman–Crippen LogP) is 7.03. The van der Waals surface area contributed by atoms with E-state index in [0.29, 0.717) is 35.3 Å². The molecule has 0 aliphatic rings. The molecule has 2 amide bonds. The molecule has 0 saturated heterocycles. The Labute approximate surface area is 221 Å². The average molecular weight is 510 g/mol. The minimum atomic E-state index is -0.587. The summed E-state index contributed by atoms with van der Waals surface area (Å²) in [5.74, 6) is -0.199. The molecule has 0 saturated carbocycles. The van der Waals surface area contributed by atoms with Gasteiger partial charge in [-0.25, -0.2) is 4.79 Å². The largest absolute Gasteiger partial charge is 0.507 e. The van der Waals surface area contributed by atoms with E-state index in [1.165, 1.54) is 6.08 Å². The number of phenols is 1. The van der Waals surface area contributed by atoms with Crippen molar-refractivity contribution >= 4 is 39.8 Å². The zero-order valence-corrected chi connectivity index (χ0v) is 21.1. The predicted molar refractivity (Wildman–Crippen MR) is 152 cm³/mol. The minimum Gasteiger partial charge on any atom is -0.507 e. The SMILES string of the molecule is C[C@@H](CC/C=C/C(=O)Nc1ccccc1N)[C@H](OC(=O)Nc1ccccc1)c1ccc(O)c2ccccc12. The number of carbonyl (C=O) groups excluding carboxylic acids is 2. The van der Waals surface area contributed by atoms with E-state index in [0.717, 1.165) is 10.9 Å². The molecule has 0 bridgehead atoms. The fourth-order valence-corrected chi connectivity index (χ4v) is 4.31. The molecule has 7 nitrogen and oxygen atoms in total. The number of phenolic OH excluding ortho intramolecular Hbond substituents is 1. The number of nitrogens with one attached hydrogen (secondary N) is 2. The van der Waals surface area contributed by atoms with Crippen molar-refractivity contribution in [1.82, 2.24) is 0 Å². The van der Waals surface area contributed by atoms with E-state index in [2.05, 4.69) is 10.6 Å². The van der Waals surface area contributed by atoms with Gasteiger partial charge in [0.25, 0.3) is 0 Å². The molecule has 0 spiro atoms. The molecule has 0 aliphatic carbocycles. The van der Waals surface area contributed by atoms with E-state index < -0.39 is 12.2 Å². The van der Waals surface area contributed by atoms with Gasteiger partial charge in [-0.05, 0) is 60.6 Å². The lowest BCUT2D eigenvalue weighted by atomic mass is 9.89. The lowest BCUT2D eigenvalue weighted by Gasteiger charge is -2.26. The van der Waals surface area contributed by atoms with Crippen molar-refractivity contribution in [3.05, 3.63) is 109 Å². The number of aromatic hydroxyl groups is 1. The Morgan fingerprint density at radius 2 is 1.58 bits per heavy atom. The smallest absolute Gasteiger partial charge is 0.412 e. The molecule has 4 aromatic rings. The number of allylic oxidation sites excluding steroid dienone is 1. The van der Waals surface area contributed by atoms with Crippen molar-refractivity contribution in [3.8, 4) is 5.75 Å². The molecule has 0 heterocycles. The van der Waals surface area contributed by atoms with Crippen LogP contribution in [0.3, 0.4) is 0 Å². The van der Waals surface area contributed by atoms with Crippen LogP contribution in [0.25, 0.3) is 10.8 Å². The molecule has 0 unspecified atom stereocenters. The number of para-hydroxylation sites is 3. The van der Waals surface area contributed by atoms with Crippen molar-refractivity contribution in [2.45, 2.75) is 25.9 Å². The van der Waals surface area contributed by atoms with Gasteiger partial charge in [0.15, 0.2) is 0 Å². The number of nitrogen functional groups attached to an aromatic ring is 1. The first-order valence-corrected chi connectivity index (χ1v) is 12.5. The molecule has 5 N–H and O–H groups in total. The third kappa shape index (κ3) is 6.70. The molecule has 0 radical (unpaired) electrons. The summed E-state index contributed by atoms with van der Waals surface area (Å²) in [5.41, 5.74) is 8.38. The van der Waals surface area contributed by atoms with E-state index in [9.17, 15) is 14.7 Å². The second-order valence-electron chi connectivity index (χ2n) is 9.07. The third-order valence-corrected chi connectivity index (χ3v) is 6.29. The Bertz CT molecular complexity index is 1440. The molecule has 0 aliphatic heterocycles. The first kappa shape index (κ1) is 26.3. The van der Waals surface area contributed by atoms with E-state index in [4.69, 9.17) is 10.5 Å². The minimum absolute atomic E-state index is 0.0954. The standard InChI is InChI=1S/C31H31N3O4/c1-21(11-5-10-18-29(36)34-27-17-9-8-16-26(27)32)30(38-31(37)33-22-12-3-2-4-13-22)25-19-20-28(35)24-15-7-6-14-23(24)25/h2-4,6-10,12-21,30,35H,5,11,32H2,1H3,(H,33,37)(H,34,36)/b18-10+/t21-,30-/m0/s1. The van der Waals surface area contributed by atoms with Crippen molar-refractivity contribution < 1.29 is 19.4 Å². The van der Waals surface area contributed by atoms with Crippen LogP contribution in [0.5, 0.6) is 5.75 Å². The van der Waals surface area contributed by atoms with Crippen LogP contribution in [-0.4, -0.2) is 17.1 Å². The molecule has 2 atom stereocenters. The Hall–Kier alpha value is -4.78. The molecule has 0 aromatic heterocycles. The summed E-state index contributed by atoms with van der Waals surface area (Å²) in [6.45, 7) is 2.00. The second-order valence-corrected chi connectivity index (χ2v) is 9.07. The van der Waals surface area contributed by atoms with Gasteiger partial charge in [-0.2, -0.15) is 0 Å². The summed E-state index contributed by atoms with van der Waals surface area (Å²) >= 11 is 0. The summed E-state index contributed by atoms with van der Waals surface area (Å²) in [5, 5.41) is 17.4. The summed E-state index contributed by atoms with van der Waals surface area (Å²) in [7, 11) is 0. The van der Waals surface area contributed by atoms with Gasteiger partial charge in [0.05, 0.1) is 11.4 Å². The highest BCUT2D eigenvalue weighted by atomic mass is 16.6. The third-order valence-electron chi connectivity index (χ3n) is 6.29. The number of nitrogens with two attached hydrogens (primary N) is 1. The van der Waals surface area contributed by atoms with Crippen LogP contribution in [0, 0.1) is 5.92 Å². The maximum atomic E-state index is 12.9. The van der Waals surface area contributed by atoms with Gasteiger partial charge in [0.2, 0.25) is 5.91 Å². The van der Waals surface area contributed by atoms with Crippen LogP contribution in [-0.2, 0) is 9.53 Å². The number of benzene rings is 4. The van der Waals surface area contributed by atoms with Gasteiger partial charge >= 0.3 is 6.09 Å². The maximum absolute atomic E-state index is 12.9. The Kier molecular flexibility index (Phi) is 8.61. The number of rotatable bonds is 9. The van der Waals surface area contributed by atoms with E-state index in [1.54, 1.807) is 54.6 Å². The van der Waals surface area contributed by atoms with Gasteiger partial charge in [0.1, 0.15) is 11.9 Å². The molecule has 4 rings (SSSR count). The second kappa shape index (κ2) is 12.5. The van der Waals surface area contributed by atoms with Gasteiger partial charge in [-0.3, -0.25) is 10.1 Å². The molecule has 38 heavy (non-hydrogen) atoms. The molecular weight excluding hydrogens is 478 g/mol. The first-order valence-electron chi connectivity index (χ1n) is 12.5. The van der Waals surface area contributed by atoms with Crippen molar-refractivity contribution in [1.29, 1.82) is 0 Å². The van der Waals surface area contributed by atoms with E-state index >= 15 is 0 Å². The van der Waals surface area contributed by atoms with Gasteiger partial charge in [-0.1, -0.05) is 73.7 Å². The lowest BCUT2D eigenvalue weighted by molar-refractivity contribution is -0.111. The van der Waals surface area contributed by atoms with Crippen molar-refractivity contribution in [2.75, 3.05) is 16.4 Å². The van der Waals surface area contributed by atoms with Crippen molar-refractivity contribution in [2.24, 2.45) is 5.92 Å². The van der Waals surface area contributed by atoms with E-state index in [-0.39, 0.29) is 17.6 Å². The first-order chi connectivity index (χ1) is 18.4. The number of carbonyl (C=O) groups is 2. The molecular formula is C31H31N3O4. The quantitative estimate of drug-likeness (QED) is 0.143. The Balaban J connectivity index is 1.48. The zero-order valence-electron chi connectivity index (χ0n) is 21.1. The normalized spacial score (nSPS) is 12.7. The molecule has 194 valence electrons. The topological polar surface area (TPSA) is 114 Å². The van der Waals surface area contributed by atoms with Crippen LogP contribution < -0.4 is 16.4 Å². The number of anilines is 3. The van der Waals surface area contributed by atoms with Crippen LogP contribution in [0.2, 0.25) is 0 Å². The average Bonchev–Trinajstić information content (AvgIpc) is 2.92. The molecule has 7 heteroatoms. The lowest BCUT2D eigenvalue weighted by Crippen LogP contribution is -2.22. The number of fused-ring (bicyclic) bond motifs is 1. The summed E-state index contributed by atoms with van der Waals surface area (Å²) < 4.78 is 5.97. The Morgan fingerprint density at radius 3 is 2.34 bits per heavy atom. The molecule has 4 aromatic carbocycles. The summed E-state index contributed by atoms with van der Waals surface area (Å²) in [4.78, 5) is 25.2. The molecule has 0 fully saturated rings. The maximum Gasteiger partial charge on any atom is 0.412 e. The van der Waals surface area contributed by atoms with Crippen LogP contribution in [0.15, 0.2) is 103 Å². The highest BCUT2D eigenvalue weighted by Crippen LogP contribution is 2.37. The van der Waals surface area contributed by atoms with Crippen LogP contribution >= 0.6 is 0 Å². The van der Waals surface area contributed by atoms with E-state index in [1.807, 2.05) is 49.4 Å². The summed E-state index contributed by atoms with van der Waals surface area (Å²) in [6.07, 6.45) is 3.36. The van der Waals surface area contributed by atoms with Crippen molar-refractivity contribution in [3.63, 3.8) is 0 Å². The Morgan fingerprint density at radius 1 is 0.895 bits per heavy atom. The monoisotopic (exact) mass is 509 g/mol. The van der Waals surface area contributed by atoms with Gasteiger partial charge in [0, 0.05) is 16.6 Å². The fraction of sp³-hybridized carbons (Fsp3) is 0.161. The summed E-state index contributed by atoms with van der Waals surface area (Å²) in [6, 6.07) is 27.1.